The van der Waals surface area contributed by atoms with E-state index in [1.54, 1.807) is 59.8 Å². The number of aromatic nitrogens is 5. The molecule has 3 amide bonds. The van der Waals surface area contributed by atoms with Gasteiger partial charge in [-0.3, -0.25) is 29.3 Å². The average Bonchev–Trinajstić information content (AvgIpc) is 3.52. The number of nitrogens with one attached hydrogen (secondary N) is 3. The molecule has 1 aromatic carbocycles. The fourth-order valence-electron chi connectivity index (χ4n) is 6.06. The molecule has 3 N–H and O–H groups in total. The third kappa shape index (κ3) is 6.29. The van der Waals surface area contributed by atoms with Crippen molar-refractivity contribution < 1.29 is 18.9 Å². The first-order valence-corrected chi connectivity index (χ1v) is 15.5. The molecule has 4 aromatic rings. The number of fused-ring (bicyclic) bond motifs is 2. The van der Waals surface area contributed by atoms with E-state index in [1.165, 1.54) is 6.42 Å². The number of hydrogen-bond donors (Lipinski definition) is 3. The van der Waals surface area contributed by atoms with Gasteiger partial charge in [-0.15, -0.1) is 4.48 Å². The summed E-state index contributed by atoms with van der Waals surface area (Å²) < 4.78 is 14.1. The number of anilines is 5. The van der Waals surface area contributed by atoms with Crippen LogP contribution in [0.2, 0.25) is 5.02 Å². The van der Waals surface area contributed by atoms with Crippen LogP contribution in [0.25, 0.3) is 10.9 Å². The lowest BCUT2D eigenvalue weighted by Crippen LogP contribution is -2.39. The summed E-state index contributed by atoms with van der Waals surface area (Å²) in [6.07, 6.45) is 6.81. The SMILES string of the molecule is CC1CCCN(c2ncc(Cl)c(Nc3cnc4c(c3)CC(=O)N4C)n2)C1.Cn1nc(C2CCC(=O)NC2=O)c2ccc(NF)cc21. The first-order valence-electron chi connectivity index (χ1n) is 15.1. The Morgan fingerprint density at radius 1 is 1.07 bits per heavy atom. The Labute approximate surface area is 269 Å². The molecule has 0 saturated carbocycles. The number of carbonyl (C=O) groups is 3. The zero-order valence-electron chi connectivity index (χ0n) is 25.7. The van der Waals surface area contributed by atoms with Crippen LogP contribution in [0.3, 0.4) is 0 Å². The van der Waals surface area contributed by atoms with Crippen LogP contribution >= 0.6 is 11.6 Å². The lowest BCUT2D eigenvalue weighted by atomic mass is 9.93. The standard InChI is InChI=1S/C18H21ClN6O.C13H13FN4O2/c1-11-4-3-5-25(10-11)18-21-9-14(19)16(23-18)22-13-6-12-7-15(26)24(2)17(12)20-8-13;1-18-10-6-7(16-14)2-3-8(10)12(17-18)9-4-5-11(19)15-13(9)20/h6,8-9,11H,3-5,7,10H2,1-2H3,(H,21,22,23);2-3,6,9,16H,4-5H2,1H3,(H,15,19,20). The molecule has 2 atom stereocenters. The number of imide groups is 1. The second-order valence-corrected chi connectivity index (χ2v) is 12.3. The van der Waals surface area contributed by atoms with Gasteiger partial charge in [-0.1, -0.05) is 18.5 Å². The van der Waals surface area contributed by atoms with Gasteiger partial charge >= 0.3 is 0 Å². The molecule has 46 heavy (non-hydrogen) atoms. The van der Waals surface area contributed by atoms with Crippen LogP contribution in [0.1, 0.15) is 49.8 Å². The number of nitrogens with zero attached hydrogens (tertiary/aromatic N) is 7. The Kier molecular flexibility index (Phi) is 8.71. The third-order valence-electron chi connectivity index (χ3n) is 8.47. The van der Waals surface area contributed by atoms with Crippen molar-refractivity contribution in [1.29, 1.82) is 0 Å². The van der Waals surface area contributed by atoms with Crippen LogP contribution in [0.4, 0.5) is 33.4 Å². The van der Waals surface area contributed by atoms with Crippen LogP contribution in [0.5, 0.6) is 0 Å². The predicted octanol–water partition coefficient (Wildman–Crippen LogP) is 4.41. The smallest absolute Gasteiger partial charge is 0.235 e. The molecule has 0 bridgehead atoms. The molecule has 2 fully saturated rings. The first-order chi connectivity index (χ1) is 22.1. The van der Waals surface area contributed by atoms with Crippen LogP contribution < -0.4 is 26.0 Å². The van der Waals surface area contributed by atoms with Crippen LogP contribution in [0, 0.1) is 5.92 Å². The molecular weight excluding hydrogens is 615 g/mol. The molecule has 15 heteroatoms. The quantitative estimate of drug-likeness (QED) is 0.210. The summed E-state index contributed by atoms with van der Waals surface area (Å²) in [5, 5.41) is 11.1. The molecule has 0 radical (unpaired) electrons. The zero-order chi connectivity index (χ0) is 32.5. The maximum Gasteiger partial charge on any atom is 0.235 e. The Morgan fingerprint density at radius 3 is 2.65 bits per heavy atom. The molecule has 240 valence electrons. The Morgan fingerprint density at radius 2 is 1.89 bits per heavy atom. The van der Waals surface area contributed by atoms with Gasteiger partial charge in [0.2, 0.25) is 23.7 Å². The highest BCUT2D eigenvalue weighted by molar-refractivity contribution is 6.32. The number of likely N-dealkylation sites (N-methyl/N-ethyl adjacent to an activating group) is 1. The van der Waals surface area contributed by atoms with Crippen molar-refractivity contribution in [2.45, 2.75) is 44.9 Å². The Balaban J connectivity index is 0.000000167. The van der Waals surface area contributed by atoms with E-state index in [0.29, 0.717) is 59.2 Å². The van der Waals surface area contributed by atoms with Crippen LogP contribution in [-0.2, 0) is 27.9 Å². The lowest BCUT2D eigenvalue weighted by Gasteiger charge is -2.31. The highest BCUT2D eigenvalue weighted by Crippen LogP contribution is 2.32. The first kappa shape index (κ1) is 31.1. The van der Waals surface area contributed by atoms with Gasteiger partial charge < -0.3 is 10.2 Å². The van der Waals surface area contributed by atoms with Gasteiger partial charge in [0.05, 0.1) is 47.3 Å². The third-order valence-corrected chi connectivity index (χ3v) is 8.75. The summed E-state index contributed by atoms with van der Waals surface area (Å²) in [6.45, 7) is 4.16. The van der Waals surface area contributed by atoms with Gasteiger partial charge in [0.25, 0.3) is 0 Å². The number of benzene rings is 1. The zero-order valence-corrected chi connectivity index (χ0v) is 26.4. The maximum atomic E-state index is 12.5. The van der Waals surface area contributed by atoms with Crippen molar-refractivity contribution in [3.8, 4) is 0 Å². The number of piperidine rings is 2. The fraction of sp³-hybridized carbons (Fsp3) is 0.387. The number of aryl methyl sites for hydroxylation is 1. The molecule has 2 unspecified atom stereocenters. The summed E-state index contributed by atoms with van der Waals surface area (Å²) in [5.74, 6) is 1.60. The molecule has 7 rings (SSSR count). The summed E-state index contributed by atoms with van der Waals surface area (Å²) in [4.78, 5) is 52.1. The predicted molar refractivity (Wildman–Crippen MR) is 173 cm³/mol. The largest absolute Gasteiger partial charge is 0.341 e. The second kappa shape index (κ2) is 12.9. The van der Waals surface area contributed by atoms with Crippen LogP contribution in [0.15, 0.2) is 36.7 Å². The van der Waals surface area contributed by atoms with E-state index in [4.69, 9.17) is 11.6 Å². The normalized spacial score (nSPS) is 19.5. The minimum absolute atomic E-state index is 0.0474. The number of pyridine rings is 1. The number of carbonyl (C=O) groups excluding carboxylic acids is 3. The van der Waals surface area contributed by atoms with E-state index in [-0.39, 0.29) is 17.7 Å². The van der Waals surface area contributed by atoms with E-state index < -0.39 is 5.92 Å². The summed E-state index contributed by atoms with van der Waals surface area (Å²) >= 11 is 6.29. The molecule has 13 nitrogen and oxygen atoms in total. The maximum absolute atomic E-state index is 12.5. The van der Waals surface area contributed by atoms with Gasteiger partial charge in [-0.2, -0.15) is 10.1 Å². The van der Waals surface area contributed by atoms with Gasteiger partial charge in [0.1, 0.15) is 10.8 Å². The van der Waals surface area contributed by atoms with Gasteiger partial charge in [-0.05, 0) is 49.4 Å². The lowest BCUT2D eigenvalue weighted by molar-refractivity contribution is -0.134. The van der Waals surface area contributed by atoms with Crippen molar-refractivity contribution >= 4 is 69.2 Å². The molecule has 2 saturated heterocycles. The minimum atomic E-state index is -0.444. The number of halogens is 2. The monoisotopic (exact) mass is 648 g/mol. The summed E-state index contributed by atoms with van der Waals surface area (Å²) in [7, 11) is 3.47. The molecule has 0 aliphatic carbocycles. The van der Waals surface area contributed by atoms with Crippen molar-refractivity contribution in [2.75, 3.05) is 40.8 Å². The molecule has 6 heterocycles. The number of rotatable bonds is 5. The molecule has 0 spiro atoms. The fourth-order valence-corrected chi connectivity index (χ4v) is 6.20. The Bertz CT molecular complexity index is 1830. The molecule has 3 aromatic heterocycles. The van der Waals surface area contributed by atoms with Crippen molar-refractivity contribution in [3.05, 3.63) is 52.9 Å². The van der Waals surface area contributed by atoms with Crippen LogP contribution in [-0.4, -0.2) is 62.6 Å². The van der Waals surface area contributed by atoms with E-state index in [1.807, 2.05) is 6.07 Å². The van der Waals surface area contributed by atoms with Crippen molar-refractivity contribution in [2.24, 2.45) is 13.0 Å². The average molecular weight is 649 g/mol. The minimum Gasteiger partial charge on any atom is -0.341 e. The van der Waals surface area contributed by atoms with Gasteiger partial charge in [0, 0.05) is 44.6 Å². The Hall–Kier alpha value is -4.85. The number of amides is 3. The summed E-state index contributed by atoms with van der Waals surface area (Å²) in [5.41, 5.74) is 4.92. The molecule has 3 aliphatic heterocycles. The van der Waals surface area contributed by atoms with Gasteiger partial charge in [0.15, 0.2) is 5.82 Å². The van der Waals surface area contributed by atoms with E-state index in [0.717, 1.165) is 41.7 Å². The second-order valence-electron chi connectivity index (χ2n) is 11.9. The number of hydrogen-bond acceptors (Lipinski definition) is 10. The van der Waals surface area contributed by atoms with E-state index >= 15 is 0 Å². The highest BCUT2D eigenvalue weighted by atomic mass is 35.5. The van der Waals surface area contributed by atoms with E-state index in [9.17, 15) is 18.9 Å². The van der Waals surface area contributed by atoms with E-state index in [2.05, 4.69) is 42.5 Å². The highest BCUT2D eigenvalue weighted by Gasteiger charge is 2.31. The molecular formula is C31H34ClFN10O3. The summed E-state index contributed by atoms with van der Waals surface area (Å²) in [6, 6.07) is 6.85. The molecule has 3 aliphatic rings. The van der Waals surface area contributed by atoms with Crippen molar-refractivity contribution in [1.82, 2.24) is 30.0 Å². The van der Waals surface area contributed by atoms with Crippen molar-refractivity contribution in [3.63, 3.8) is 0 Å². The topological polar surface area (TPSA) is 150 Å². The van der Waals surface area contributed by atoms with Gasteiger partial charge in [-0.25, -0.2) is 15.5 Å².